The molecule has 1 aromatic heterocycles. The van der Waals surface area contributed by atoms with Gasteiger partial charge in [0.25, 0.3) is 0 Å². The van der Waals surface area contributed by atoms with Gasteiger partial charge in [-0.2, -0.15) is 0 Å². The van der Waals surface area contributed by atoms with Crippen LogP contribution in [0.15, 0.2) is 54.6 Å². The summed E-state index contributed by atoms with van der Waals surface area (Å²) in [6, 6.07) is 16.6. The molecule has 0 spiro atoms. The Morgan fingerprint density at radius 3 is 2.32 bits per heavy atom. The molecule has 28 heavy (non-hydrogen) atoms. The van der Waals surface area contributed by atoms with E-state index in [0.29, 0.717) is 10.8 Å². The maximum Gasteiger partial charge on any atom is 0.205 e. The molecular weight excluding hydrogens is 402 g/mol. The number of benzene rings is 2. The van der Waals surface area contributed by atoms with Crippen LogP contribution in [0.3, 0.4) is 0 Å². The molecule has 1 aliphatic rings. The first-order chi connectivity index (χ1) is 13.5. The molecule has 2 aromatic carbocycles. The molecule has 0 radical (unpaired) electrons. The Hall–Kier alpha value is -2.07. The van der Waals surface area contributed by atoms with Gasteiger partial charge in [0.2, 0.25) is 4.77 Å². The van der Waals surface area contributed by atoms with Crippen LogP contribution in [0.4, 0.5) is 0 Å². The van der Waals surface area contributed by atoms with Gasteiger partial charge in [0.15, 0.2) is 12.1 Å². The van der Waals surface area contributed by atoms with Crippen molar-refractivity contribution in [2.75, 3.05) is 6.61 Å². The predicted molar refractivity (Wildman–Crippen MR) is 106 cm³/mol. The molecule has 2 heterocycles. The first-order valence-corrected chi connectivity index (χ1v) is 9.45. The fourth-order valence-corrected chi connectivity index (χ4v) is 3.69. The predicted octanol–water partition coefficient (Wildman–Crippen LogP) is 2.34. The van der Waals surface area contributed by atoms with Crippen LogP contribution in [0, 0.1) is 4.77 Å². The standard InChI is InChI=1S/C19H18ClN3O4S/c20-12-8-6-11(7-9-12)17-21-23(18-16(26)15(25)14(10-24)27-18)19(28)22(17)13-4-2-1-3-5-13/h1-9,14-16,18,24-26H,10H2/t14-,15+,16+,18-/m1/s1. The summed E-state index contributed by atoms with van der Waals surface area (Å²) in [5.74, 6) is 0.533. The summed E-state index contributed by atoms with van der Waals surface area (Å²) >= 11 is 11.6. The molecule has 1 fully saturated rings. The SMILES string of the molecule is OC[C@H]1O[C@@H](n2nc(-c3ccc(Cl)cc3)n(-c3ccccc3)c2=S)[C@@H](O)[C@H]1O. The van der Waals surface area contributed by atoms with E-state index in [0.717, 1.165) is 11.3 Å². The van der Waals surface area contributed by atoms with Crippen LogP contribution in [-0.2, 0) is 4.74 Å². The van der Waals surface area contributed by atoms with Crippen molar-refractivity contribution in [3.63, 3.8) is 0 Å². The maximum absolute atomic E-state index is 10.4. The van der Waals surface area contributed by atoms with Crippen molar-refractivity contribution in [1.29, 1.82) is 0 Å². The highest BCUT2D eigenvalue weighted by atomic mass is 35.5. The molecule has 0 amide bonds. The lowest BCUT2D eigenvalue weighted by Gasteiger charge is -2.14. The summed E-state index contributed by atoms with van der Waals surface area (Å²) in [7, 11) is 0. The first-order valence-electron chi connectivity index (χ1n) is 8.66. The highest BCUT2D eigenvalue weighted by Crippen LogP contribution is 2.32. The molecular formula is C19H18ClN3O4S. The van der Waals surface area contributed by atoms with Crippen molar-refractivity contribution >= 4 is 23.8 Å². The van der Waals surface area contributed by atoms with E-state index in [9.17, 15) is 15.3 Å². The van der Waals surface area contributed by atoms with Crippen molar-refractivity contribution in [3.8, 4) is 17.1 Å². The summed E-state index contributed by atoms with van der Waals surface area (Å²) in [6.07, 6.45) is -4.45. The third kappa shape index (κ3) is 3.28. The van der Waals surface area contributed by atoms with Crippen LogP contribution in [0.5, 0.6) is 0 Å². The minimum Gasteiger partial charge on any atom is -0.394 e. The second-order valence-corrected chi connectivity index (χ2v) is 7.26. The number of aromatic nitrogens is 3. The Bertz CT molecular complexity index is 1020. The maximum atomic E-state index is 10.4. The second kappa shape index (κ2) is 7.75. The minimum absolute atomic E-state index is 0.283. The van der Waals surface area contributed by atoms with Gasteiger partial charge in [0.1, 0.15) is 18.3 Å². The highest BCUT2D eigenvalue weighted by molar-refractivity contribution is 7.71. The van der Waals surface area contributed by atoms with Crippen molar-refractivity contribution in [1.82, 2.24) is 14.3 Å². The summed E-state index contributed by atoms with van der Waals surface area (Å²) in [6.45, 7) is -0.425. The molecule has 1 aliphatic heterocycles. The smallest absolute Gasteiger partial charge is 0.205 e. The Balaban J connectivity index is 1.88. The number of hydrogen-bond acceptors (Lipinski definition) is 6. The van der Waals surface area contributed by atoms with Gasteiger partial charge >= 0.3 is 0 Å². The fourth-order valence-electron chi connectivity index (χ4n) is 3.23. The molecule has 0 saturated carbocycles. The third-order valence-corrected chi connectivity index (χ3v) is 5.30. The minimum atomic E-state index is -1.28. The normalized spacial score (nSPS) is 24.6. The molecule has 0 aliphatic carbocycles. The molecule has 0 bridgehead atoms. The number of para-hydroxylation sites is 1. The van der Waals surface area contributed by atoms with E-state index in [1.807, 2.05) is 42.5 Å². The summed E-state index contributed by atoms with van der Waals surface area (Å²) in [5, 5.41) is 35.0. The van der Waals surface area contributed by atoms with E-state index in [4.69, 9.17) is 28.6 Å². The van der Waals surface area contributed by atoms with Crippen LogP contribution in [0.1, 0.15) is 6.23 Å². The van der Waals surface area contributed by atoms with E-state index in [1.54, 1.807) is 16.7 Å². The molecule has 7 nitrogen and oxygen atoms in total. The molecule has 3 aromatic rings. The Kier molecular flexibility index (Phi) is 5.33. The molecule has 4 rings (SSSR count). The highest BCUT2D eigenvalue weighted by Gasteiger charge is 2.44. The van der Waals surface area contributed by atoms with Crippen LogP contribution < -0.4 is 0 Å². The number of ether oxygens (including phenoxy) is 1. The van der Waals surface area contributed by atoms with E-state index < -0.39 is 31.1 Å². The zero-order chi connectivity index (χ0) is 19.8. The summed E-state index contributed by atoms with van der Waals surface area (Å²) in [4.78, 5) is 0. The lowest BCUT2D eigenvalue weighted by atomic mass is 10.1. The Labute approximate surface area is 171 Å². The van der Waals surface area contributed by atoms with Gasteiger partial charge in [0, 0.05) is 16.3 Å². The largest absolute Gasteiger partial charge is 0.394 e. The monoisotopic (exact) mass is 419 g/mol. The zero-order valence-corrected chi connectivity index (χ0v) is 16.2. The van der Waals surface area contributed by atoms with Gasteiger partial charge in [-0.05, 0) is 48.6 Å². The summed E-state index contributed by atoms with van der Waals surface area (Å²) < 4.78 is 9.01. The number of hydrogen-bond donors (Lipinski definition) is 3. The summed E-state index contributed by atoms with van der Waals surface area (Å²) in [5.41, 5.74) is 1.56. The lowest BCUT2D eigenvalue weighted by molar-refractivity contribution is -0.0594. The van der Waals surface area contributed by atoms with Gasteiger partial charge in [-0.15, -0.1) is 5.10 Å². The van der Waals surface area contributed by atoms with E-state index in [1.165, 1.54) is 4.68 Å². The topological polar surface area (TPSA) is 92.7 Å². The molecule has 146 valence electrons. The lowest BCUT2D eigenvalue weighted by Crippen LogP contribution is -2.33. The Morgan fingerprint density at radius 1 is 1.04 bits per heavy atom. The average Bonchev–Trinajstić information content (AvgIpc) is 3.20. The van der Waals surface area contributed by atoms with Crippen LogP contribution in [-0.4, -0.2) is 54.6 Å². The molecule has 3 N–H and O–H groups in total. The quantitative estimate of drug-likeness (QED) is 0.562. The second-order valence-electron chi connectivity index (χ2n) is 6.46. The van der Waals surface area contributed by atoms with Gasteiger partial charge in [-0.25, -0.2) is 4.68 Å². The van der Waals surface area contributed by atoms with E-state index in [2.05, 4.69) is 5.10 Å². The number of nitrogens with zero attached hydrogens (tertiary/aromatic N) is 3. The Morgan fingerprint density at radius 2 is 1.71 bits per heavy atom. The number of halogens is 1. The fraction of sp³-hybridized carbons (Fsp3) is 0.263. The van der Waals surface area contributed by atoms with Crippen molar-refractivity contribution in [2.45, 2.75) is 24.5 Å². The van der Waals surface area contributed by atoms with Crippen LogP contribution in [0.25, 0.3) is 17.1 Å². The molecule has 4 atom stereocenters. The molecule has 1 saturated heterocycles. The number of aliphatic hydroxyl groups excluding tert-OH is 3. The van der Waals surface area contributed by atoms with E-state index in [-0.39, 0.29) is 4.77 Å². The van der Waals surface area contributed by atoms with Gasteiger partial charge in [-0.3, -0.25) is 4.57 Å². The van der Waals surface area contributed by atoms with Crippen molar-refractivity contribution in [3.05, 3.63) is 64.4 Å². The van der Waals surface area contributed by atoms with E-state index >= 15 is 0 Å². The number of aliphatic hydroxyl groups is 3. The van der Waals surface area contributed by atoms with Crippen molar-refractivity contribution < 1.29 is 20.1 Å². The van der Waals surface area contributed by atoms with Gasteiger partial charge in [-0.1, -0.05) is 29.8 Å². The van der Waals surface area contributed by atoms with Crippen molar-refractivity contribution in [2.24, 2.45) is 0 Å². The van der Waals surface area contributed by atoms with Gasteiger partial charge < -0.3 is 20.1 Å². The molecule has 9 heteroatoms. The average molecular weight is 420 g/mol. The third-order valence-electron chi connectivity index (χ3n) is 4.68. The van der Waals surface area contributed by atoms with Gasteiger partial charge in [0.05, 0.1) is 6.61 Å². The zero-order valence-electron chi connectivity index (χ0n) is 14.6. The number of rotatable bonds is 4. The molecule has 0 unspecified atom stereocenters. The van der Waals surface area contributed by atoms with Crippen LogP contribution >= 0.6 is 23.8 Å². The van der Waals surface area contributed by atoms with Crippen LogP contribution in [0.2, 0.25) is 5.02 Å². The first kappa shape index (κ1) is 19.3.